The average molecular weight is 362 g/mol. The molecule has 0 N–H and O–H groups in total. The van der Waals surface area contributed by atoms with Crippen LogP contribution in [0.4, 0.5) is 19.0 Å². The highest BCUT2D eigenvalue weighted by Crippen LogP contribution is 2.43. The van der Waals surface area contributed by atoms with Gasteiger partial charge in [0.25, 0.3) is 0 Å². The van der Waals surface area contributed by atoms with E-state index in [1.54, 1.807) is 0 Å². The van der Waals surface area contributed by atoms with Gasteiger partial charge in [-0.05, 0) is 42.7 Å². The van der Waals surface area contributed by atoms with Gasteiger partial charge >= 0.3 is 6.18 Å². The van der Waals surface area contributed by atoms with Crippen molar-refractivity contribution in [2.75, 3.05) is 37.6 Å². The second-order valence-corrected chi connectivity index (χ2v) is 7.51. The van der Waals surface area contributed by atoms with Crippen LogP contribution in [0.15, 0.2) is 24.3 Å². The Morgan fingerprint density at radius 3 is 2.46 bits per heavy atom. The summed E-state index contributed by atoms with van der Waals surface area (Å²) >= 11 is 0. The number of alkyl halides is 3. The maximum absolute atomic E-state index is 13.0. The standard InChI is InChI=1S/C19H21F3N4/c20-19(21,22)17-4-3-15(11-23)18(24-17)26-7-5-25(6-8-26)12-16-10-13-1-2-14(16)9-13/h1-4,13-14,16H,5-10,12H2. The van der Waals surface area contributed by atoms with Crippen LogP contribution in [0.2, 0.25) is 0 Å². The van der Waals surface area contributed by atoms with Crippen molar-refractivity contribution in [3.8, 4) is 6.07 Å². The summed E-state index contributed by atoms with van der Waals surface area (Å²) in [6.45, 7) is 3.83. The summed E-state index contributed by atoms with van der Waals surface area (Å²) in [7, 11) is 0. The summed E-state index contributed by atoms with van der Waals surface area (Å²) in [6.07, 6.45) is 2.72. The minimum absolute atomic E-state index is 0.157. The molecule has 1 aromatic rings. The molecule has 3 atom stereocenters. The zero-order valence-corrected chi connectivity index (χ0v) is 14.4. The van der Waals surface area contributed by atoms with Gasteiger partial charge in [-0.15, -0.1) is 0 Å². The zero-order valence-electron chi connectivity index (χ0n) is 14.4. The molecule has 26 heavy (non-hydrogen) atoms. The third-order valence-corrected chi connectivity index (χ3v) is 5.87. The first-order chi connectivity index (χ1) is 12.4. The number of anilines is 1. The van der Waals surface area contributed by atoms with Gasteiger partial charge in [0.1, 0.15) is 17.6 Å². The van der Waals surface area contributed by atoms with E-state index in [2.05, 4.69) is 22.0 Å². The number of halogens is 3. The Morgan fingerprint density at radius 1 is 1.12 bits per heavy atom. The van der Waals surface area contributed by atoms with Crippen molar-refractivity contribution in [1.29, 1.82) is 5.26 Å². The van der Waals surface area contributed by atoms with Gasteiger partial charge in [0, 0.05) is 32.7 Å². The average Bonchev–Trinajstić information content (AvgIpc) is 3.24. The quantitative estimate of drug-likeness (QED) is 0.774. The van der Waals surface area contributed by atoms with Crippen LogP contribution in [0, 0.1) is 29.1 Å². The number of aromatic nitrogens is 1. The van der Waals surface area contributed by atoms with Crippen LogP contribution in [0.25, 0.3) is 0 Å². The number of pyridine rings is 1. The zero-order chi connectivity index (χ0) is 18.3. The minimum atomic E-state index is -4.50. The summed E-state index contributed by atoms with van der Waals surface area (Å²) in [5.41, 5.74) is -0.743. The molecule has 4 rings (SSSR count). The Morgan fingerprint density at radius 2 is 1.88 bits per heavy atom. The Labute approximate surface area is 150 Å². The number of nitrogens with zero attached hydrogens (tertiary/aromatic N) is 4. The third-order valence-electron chi connectivity index (χ3n) is 5.87. The van der Waals surface area contributed by atoms with Crippen LogP contribution in [0.3, 0.4) is 0 Å². The first-order valence-corrected chi connectivity index (χ1v) is 9.08. The number of hydrogen-bond donors (Lipinski definition) is 0. The van der Waals surface area contributed by atoms with E-state index in [4.69, 9.17) is 0 Å². The Bertz CT molecular complexity index is 744. The second-order valence-electron chi connectivity index (χ2n) is 7.51. The van der Waals surface area contributed by atoms with Gasteiger partial charge in [-0.3, -0.25) is 4.90 Å². The van der Waals surface area contributed by atoms with Gasteiger partial charge in [-0.2, -0.15) is 18.4 Å². The van der Waals surface area contributed by atoms with Crippen LogP contribution >= 0.6 is 0 Å². The second kappa shape index (κ2) is 6.58. The van der Waals surface area contributed by atoms with Crippen LogP contribution in [-0.4, -0.2) is 42.6 Å². The molecule has 2 aliphatic carbocycles. The number of hydrogen-bond acceptors (Lipinski definition) is 4. The molecule has 1 aromatic heterocycles. The van der Waals surface area contributed by atoms with E-state index in [1.807, 2.05) is 11.0 Å². The van der Waals surface area contributed by atoms with E-state index in [-0.39, 0.29) is 11.4 Å². The summed E-state index contributed by atoms with van der Waals surface area (Å²) in [6, 6.07) is 4.06. The van der Waals surface area contributed by atoms with E-state index in [0.717, 1.165) is 31.6 Å². The fourth-order valence-corrected chi connectivity index (χ4v) is 4.51. The number of rotatable bonds is 3. The molecule has 1 aliphatic heterocycles. The molecule has 1 saturated carbocycles. The van der Waals surface area contributed by atoms with Gasteiger partial charge in [0.15, 0.2) is 0 Å². The fraction of sp³-hybridized carbons (Fsp3) is 0.579. The van der Waals surface area contributed by atoms with E-state index >= 15 is 0 Å². The van der Waals surface area contributed by atoms with Crippen molar-refractivity contribution in [3.63, 3.8) is 0 Å². The van der Waals surface area contributed by atoms with Gasteiger partial charge in [-0.1, -0.05) is 12.2 Å². The van der Waals surface area contributed by atoms with E-state index in [1.165, 1.54) is 18.9 Å². The fourth-order valence-electron chi connectivity index (χ4n) is 4.51. The molecule has 4 nitrogen and oxygen atoms in total. The van der Waals surface area contributed by atoms with E-state index in [9.17, 15) is 18.4 Å². The lowest BCUT2D eigenvalue weighted by atomic mass is 9.93. The Hall–Kier alpha value is -2.07. The Balaban J connectivity index is 1.41. The van der Waals surface area contributed by atoms with Crippen molar-refractivity contribution in [2.24, 2.45) is 17.8 Å². The molecule has 7 heteroatoms. The molecule has 2 bridgehead atoms. The van der Waals surface area contributed by atoms with Crippen molar-refractivity contribution >= 4 is 5.82 Å². The molecule has 0 amide bonds. The summed E-state index contributed by atoms with van der Waals surface area (Å²) in [4.78, 5) is 7.96. The number of fused-ring (bicyclic) bond motifs is 2. The highest BCUT2D eigenvalue weighted by molar-refractivity contribution is 5.55. The lowest BCUT2D eigenvalue weighted by Crippen LogP contribution is -2.48. The van der Waals surface area contributed by atoms with Gasteiger partial charge in [-0.25, -0.2) is 4.98 Å². The summed E-state index contributed by atoms with van der Waals surface area (Å²) in [5.74, 6) is 2.31. The van der Waals surface area contributed by atoms with Gasteiger partial charge in [0.05, 0.1) is 5.56 Å². The Kier molecular flexibility index (Phi) is 4.39. The maximum Gasteiger partial charge on any atom is 0.433 e. The van der Waals surface area contributed by atoms with E-state index < -0.39 is 11.9 Å². The van der Waals surface area contributed by atoms with Crippen LogP contribution in [-0.2, 0) is 6.18 Å². The SMILES string of the molecule is N#Cc1ccc(C(F)(F)F)nc1N1CCN(CC2CC3C=CC2C3)CC1. The van der Waals surface area contributed by atoms with Crippen LogP contribution in [0.5, 0.6) is 0 Å². The summed E-state index contributed by atoms with van der Waals surface area (Å²) in [5, 5.41) is 9.23. The molecule has 3 aliphatic rings. The first-order valence-electron chi connectivity index (χ1n) is 9.08. The highest BCUT2D eigenvalue weighted by Gasteiger charge is 2.37. The molecule has 3 unspecified atom stereocenters. The molecule has 138 valence electrons. The molecule has 0 spiro atoms. The van der Waals surface area contributed by atoms with Crippen LogP contribution < -0.4 is 4.90 Å². The monoisotopic (exact) mass is 362 g/mol. The van der Waals surface area contributed by atoms with Gasteiger partial charge in [0.2, 0.25) is 0 Å². The molecular weight excluding hydrogens is 341 g/mol. The van der Waals surface area contributed by atoms with Gasteiger partial charge < -0.3 is 4.90 Å². The van der Waals surface area contributed by atoms with E-state index in [0.29, 0.717) is 24.9 Å². The lowest BCUT2D eigenvalue weighted by molar-refractivity contribution is -0.141. The summed E-state index contributed by atoms with van der Waals surface area (Å²) < 4.78 is 38.9. The normalized spacial score (nSPS) is 28.5. The third kappa shape index (κ3) is 3.30. The van der Waals surface area contributed by atoms with Crippen LogP contribution in [0.1, 0.15) is 24.1 Å². The van der Waals surface area contributed by atoms with Crippen molar-refractivity contribution in [3.05, 3.63) is 35.5 Å². The highest BCUT2D eigenvalue weighted by atomic mass is 19.4. The topological polar surface area (TPSA) is 43.2 Å². The number of allylic oxidation sites excluding steroid dienone is 2. The number of piperazine rings is 1. The van der Waals surface area contributed by atoms with Crippen molar-refractivity contribution in [1.82, 2.24) is 9.88 Å². The minimum Gasteiger partial charge on any atom is -0.353 e. The smallest absolute Gasteiger partial charge is 0.353 e. The predicted molar refractivity (Wildman–Crippen MR) is 91.5 cm³/mol. The van der Waals surface area contributed by atoms with Crippen molar-refractivity contribution in [2.45, 2.75) is 19.0 Å². The molecule has 2 heterocycles. The largest absolute Gasteiger partial charge is 0.433 e. The molecule has 2 fully saturated rings. The lowest BCUT2D eigenvalue weighted by Gasteiger charge is -2.37. The number of nitriles is 1. The maximum atomic E-state index is 13.0. The van der Waals surface area contributed by atoms with Crippen molar-refractivity contribution < 1.29 is 13.2 Å². The molecule has 0 radical (unpaired) electrons. The molecule has 0 aromatic carbocycles. The first kappa shape index (κ1) is 17.3. The molecular formula is C19H21F3N4. The predicted octanol–water partition coefficient (Wildman–Crippen LogP) is 3.31. The molecule has 1 saturated heterocycles.